The van der Waals surface area contributed by atoms with Crippen molar-refractivity contribution >= 4 is 0 Å². The van der Waals surface area contributed by atoms with E-state index in [2.05, 4.69) is 38.7 Å². The van der Waals surface area contributed by atoms with Crippen LogP contribution in [0.1, 0.15) is 54.9 Å². The van der Waals surface area contributed by atoms with Gasteiger partial charge in [0.15, 0.2) is 5.76 Å². The highest BCUT2D eigenvalue weighted by Crippen LogP contribution is 2.27. The lowest BCUT2D eigenvalue weighted by Crippen LogP contribution is -2.03. The van der Waals surface area contributed by atoms with Gasteiger partial charge in [0.05, 0.1) is 7.11 Å². The highest BCUT2D eigenvalue weighted by atomic mass is 16.5. The number of methoxy groups -OCH3 is 1. The van der Waals surface area contributed by atoms with Gasteiger partial charge in [-0.15, -0.1) is 0 Å². The predicted octanol–water partition coefficient (Wildman–Crippen LogP) is 5.10. The van der Waals surface area contributed by atoms with Gasteiger partial charge in [0, 0.05) is 0 Å². The molecule has 0 unspecified atom stereocenters. The Kier molecular flexibility index (Phi) is 10.1. The molecule has 1 aliphatic rings. The van der Waals surface area contributed by atoms with E-state index in [9.17, 15) is 0 Å². The second-order valence-corrected chi connectivity index (χ2v) is 3.90. The molecule has 0 bridgehead atoms. The first-order chi connectivity index (χ1) is 7.55. The number of rotatable bonds is 1. The minimum absolute atomic E-state index is 0.210. The minimum atomic E-state index is 0.210. The zero-order valence-corrected chi connectivity index (χ0v) is 12.3. The van der Waals surface area contributed by atoms with Gasteiger partial charge < -0.3 is 4.74 Å². The largest absolute Gasteiger partial charge is 0.489 e. The van der Waals surface area contributed by atoms with Crippen LogP contribution < -0.4 is 0 Å². The van der Waals surface area contributed by atoms with Crippen molar-refractivity contribution < 1.29 is 4.74 Å². The van der Waals surface area contributed by atoms with Crippen molar-refractivity contribution in [2.45, 2.75) is 54.9 Å². The molecule has 1 aliphatic carbocycles. The van der Waals surface area contributed by atoms with Gasteiger partial charge in [-0.05, 0) is 30.4 Å². The highest BCUT2D eigenvalue weighted by Gasteiger charge is 2.15. The fraction of sp³-hybridized carbons (Fsp3) is 0.667. The van der Waals surface area contributed by atoms with Crippen LogP contribution in [-0.2, 0) is 4.74 Å². The van der Waals surface area contributed by atoms with Crippen molar-refractivity contribution in [3.05, 3.63) is 29.2 Å². The molecule has 94 valence electrons. The molecule has 0 aliphatic heterocycles. The molecule has 0 aromatic carbocycles. The third-order valence-electron chi connectivity index (χ3n) is 2.09. The molecule has 1 rings (SSSR count). The summed E-state index contributed by atoms with van der Waals surface area (Å²) in [4.78, 5) is 0. The molecule has 0 fully saturated rings. The standard InChI is InChI=1S/C11H16O.2C2H6/c1-9-5-7-11(2,3)8-6-10(9)12-4;2*1-2/h5,8H,7H2,1-4H3;2*1-2H3. The Morgan fingerprint density at radius 1 is 1.19 bits per heavy atom. The van der Waals surface area contributed by atoms with Crippen LogP contribution in [0.3, 0.4) is 0 Å². The van der Waals surface area contributed by atoms with Crippen LogP contribution in [-0.4, -0.2) is 7.11 Å². The molecule has 0 amide bonds. The van der Waals surface area contributed by atoms with Crippen molar-refractivity contribution in [2.24, 2.45) is 5.41 Å². The molecule has 0 atom stereocenters. The van der Waals surface area contributed by atoms with Gasteiger partial charge in [0.25, 0.3) is 0 Å². The van der Waals surface area contributed by atoms with Crippen molar-refractivity contribution in [2.75, 3.05) is 7.11 Å². The van der Waals surface area contributed by atoms with Crippen LogP contribution in [0.5, 0.6) is 0 Å². The van der Waals surface area contributed by atoms with E-state index in [0.717, 1.165) is 12.2 Å². The van der Waals surface area contributed by atoms with E-state index in [0.29, 0.717) is 0 Å². The molecule has 16 heavy (non-hydrogen) atoms. The van der Waals surface area contributed by atoms with Gasteiger partial charge in [-0.1, -0.05) is 53.3 Å². The summed E-state index contributed by atoms with van der Waals surface area (Å²) in [5.41, 5.74) is 4.56. The van der Waals surface area contributed by atoms with Gasteiger partial charge in [0.1, 0.15) is 0 Å². The van der Waals surface area contributed by atoms with Crippen molar-refractivity contribution in [1.82, 2.24) is 0 Å². The van der Waals surface area contributed by atoms with Gasteiger partial charge in [-0.25, -0.2) is 0 Å². The normalized spacial score (nSPS) is 16.5. The second kappa shape index (κ2) is 9.30. The number of hydrogen-bond donors (Lipinski definition) is 0. The van der Waals surface area contributed by atoms with Gasteiger partial charge in [-0.3, -0.25) is 0 Å². The second-order valence-electron chi connectivity index (χ2n) is 3.90. The molecule has 0 aromatic heterocycles. The fourth-order valence-corrected chi connectivity index (χ4v) is 1.16. The predicted molar refractivity (Wildman–Crippen MR) is 73.5 cm³/mol. The van der Waals surface area contributed by atoms with Crippen molar-refractivity contribution in [3.8, 4) is 0 Å². The third-order valence-corrected chi connectivity index (χ3v) is 2.09. The lowest BCUT2D eigenvalue weighted by Gasteiger charge is -2.14. The summed E-state index contributed by atoms with van der Waals surface area (Å²) in [7, 11) is 1.69. The molecule has 0 spiro atoms. The van der Waals surface area contributed by atoms with E-state index >= 15 is 0 Å². The summed E-state index contributed by atoms with van der Waals surface area (Å²) in [6.45, 7) is 14.5. The van der Waals surface area contributed by atoms with E-state index in [1.807, 2.05) is 27.7 Å². The van der Waals surface area contributed by atoms with Crippen LogP contribution in [0.15, 0.2) is 29.2 Å². The molecule has 0 saturated carbocycles. The molecule has 0 N–H and O–H groups in total. The van der Waals surface area contributed by atoms with Gasteiger partial charge >= 0.3 is 0 Å². The molecule has 0 saturated heterocycles. The maximum Gasteiger partial charge on any atom is 0.164 e. The maximum atomic E-state index is 5.18. The molecule has 0 heterocycles. The number of hydrogen-bond acceptors (Lipinski definition) is 1. The summed E-state index contributed by atoms with van der Waals surface area (Å²) >= 11 is 0. The Hall–Kier alpha value is -0.940. The quantitative estimate of drug-likeness (QED) is 0.563. The fourth-order valence-electron chi connectivity index (χ4n) is 1.16. The molecule has 0 aromatic rings. The molecule has 1 heteroatoms. The van der Waals surface area contributed by atoms with E-state index in [1.165, 1.54) is 5.57 Å². The lowest BCUT2D eigenvalue weighted by molar-refractivity contribution is 0.302. The van der Waals surface area contributed by atoms with Crippen LogP contribution in [0, 0.1) is 5.41 Å². The monoisotopic (exact) mass is 224 g/mol. The van der Waals surface area contributed by atoms with Crippen molar-refractivity contribution in [1.29, 1.82) is 0 Å². The molecular weight excluding hydrogens is 196 g/mol. The maximum absolute atomic E-state index is 5.18. The average molecular weight is 224 g/mol. The summed E-state index contributed by atoms with van der Waals surface area (Å²) < 4.78 is 5.18. The third kappa shape index (κ3) is 6.53. The lowest BCUT2D eigenvalue weighted by atomic mass is 9.90. The summed E-state index contributed by atoms with van der Waals surface area (Å²) in [5.74, 6) is 0.862. The summed E-state index contributed by atoms with van der Waals surface area (Å²) in [6, 6.07) is 0. The van der Waals surface area contributed by atoms with Crippen LogP contribution in [0.2, 0.25) is 0 Å². The van der Waals surface area contributed by atoms with E-state index in [1.54, 1.807) is 7.11 Å². The Balaban J connectivity index is 0. The molecule has 1 nitrogen and oxygen atoms in total. The molecular formula is C15H28O. The Bertz CT molecular complexity index is 263. The van der Waals surface area contributed by atoms with Crippen LogP contribution >= 0.6 is 0 Å². The first-order valence-electron chi connectivity index (χ1n) is 6.24. The van der Waals surface area contributed by atoms with Gasteiger partial charge in [0.2, 0.25) is 0 Å². The minimum Gasteiger partial charge on any atom is -0.489 e. The smallest absolute Gasteiger partial charge is 0.164 e. The van der Waals surface area contributed by atoms with Crippen molar-refractivity contribution in [3.63, 3.8) is 0 Å². The van der Waals surface area contributed by atoms with E-state index in [4.69, 9.17) is 4.74 Å². The van der Waals surface area contributed by atoms with E-state index < -0.39 is 0 Å². The summed E-state index contributed by atoms with van der Waals surface area (Å²) in [5, 5.41) is 0. The van der Waals surface area contributed by atoms with Gasteiger partial charge in [-0.2, -0.15) is 0 Å². The first kappa shape index (κ1) is 17.5. The topological polar surface area (TPSA) is 9.23 Å². The zero-order chi connectivity index (χ0) is 13.2. The number of ether oxygens (including phenoxy) is 1. The van der Waals surface area contributed by atoms with Crippen LogP contribution in [0.4, 0.5) is 0 Å². The SMILES string of the molecule is CC.CC.COC1=C=CC(C)(C)CC=C1C. The van der Waals surface area contributed by atoms with E-state index in [-0.39, 0.29) is 5.41 Å². The number of allylic oxidation sites excluding steroid dienone is 2. The Morgan fingerprint density at radius 2 is 1.69 bits per heavy atom. The zero-order valence-electron chi connectivity index (χ0n) is 12.3. The van der Waals surface area contributed by atoms with Crippen LogP contribution in [0.25, 0.3) is 0 Å². The average Bonchev–Trinajstić information content (AvgIpc) is 2.44. The molecule has 0 radical (unpaired) electrons. The first-order valence-corrected chi connectivity index (χ1v) is 6.24. The summed E-state index contributed by atoms with van der Waals surface area (Å²) in [6.07, 6.45) is 5.34. The highest BCUT2D eigenvalue weighted by molar-refractivity contribution is 5.26. The Labute approximate surface area is 102 Å². The Morgan fingerprint density at radius 3 is 2.12 bits per heavy atom.